The Kier molecular flexibility index (Phi) is 4.56. The number of ether oxygens (including phenoxy) is 2. The number of rotatable bonds is 1. The van der Waals surface area contributed by atoms with Crippen molar-refractivity contribution < 1.29 is 9.47 Å². The topological polar surface area (TPSA) is 44.2 Å². The fourth-order valence-corrected chi connectivity index (χ4v) is 3.03. The third-order valence-corrected chi connectivity index (χ3v) is 5.51. The number of fused-ring (bicyclic) bond motifs is 1. The molecule has 0 unspecified atom stereocenters. The van der Waals surface area contributed by atoms with Gasteiger partial charge in [0.05, 0.1) is 27.0 Å². The van der Waals surface area contributed by atoms with Crippen molar-refractivity contribution >= 4 is 50.1 Å². The van der Waals surface area contributed by atoms with Crippen LogP contribution in [0, 0.1) is 10.5 Å². The number of aryl methyl sites for hydroxylation is 1. The van der Waals surface area contributed by atoms with Gasteiger partial charge in [-0.3, -0.25) is 0 Å². The van der Waals surface area contributed by atoms with Crippen molar-refractivity contribution in [1.29, 1.82) is 0 Å². The fraction of sp³-hybridized carbons (Fsp3) is 0.286. The van der Waals surface area contributed by atoms with Crippen LogP contribution in [0.3, 0.4) is 0 Å². The van der Waals surface area contributed by atoms with Crippen molar-refractivity contribution in [2.24, 2.45) is 0 Å². The van der Waals surface area contributed by atoms with Crippen LogP contribution < -0.4 is 9.47 Å². The van der Waals surface area contributed by atoms with Crippen LogP contribution in [-0.2, 0) is 0 Å². The molecule has 0 amide bonds. The molecule has 7 heteroatoms. The van der Waals surface area contributed by atoms with Crippen molar-refractivity contribution in [3.63, 3.8) is 0 Å². The van der Waals surface area contributed by atoms with E-state index in [1.165, 1.54) is 0 Å². The number of benzene rings is 1. The summed E-state index contributed by atoms with van der Waals surface area (Å²) in [6, 6.07) is 3.81. The lowest BCUT2D eigenvalue weighted by Gasteiger charge is -2.12. The molecule has 1 aliphatic rings. The predicted octanol–water partition coefficient (Wildman–Crippen LogP) is 4.63. The van der Waals surface area contributed by atoms with E-state index in [-0.39, 0.29) is 0 Å². The molecule has 110 valence electrons. The summed E-state index contributed by atoms with van der Waals surface area (Å²) >= 11 is 11.8. The standard InChI is InChI=1S/C14H11BrClIN2O2/c1-7-11(17)13(16)19-14(18-7)8-5-9(15)12-10(6-8)20-3-2-4-21-12/h5-6H,2-4H2,1H3. The molecule has 0 atom stereocenters. The first-order valence-corrected chi connectivity index (χ1v) is 8.60. The van der Waals surface area contributed by atoms with E-state index in [1.54, 1.807) is 0 Å². The summed E-state index contributed by atoms with van der Waals surface area (Å²) in [6.07, 6.45) is 0.863. The highest BCUT2D eigenvalue weighted by Gasteiger charge is 2.18. The first-order chi connectivity index (χ1) is 10.1. The van der Waals surface area contributed by atoms with Gasteiger partial charge in [0.15, 0.2) is 17.3 Å². The van der Waals surface area contributed by atoms with Crippen LogP contribution in [0.15, 0.2) is 16.6 Å². The normalized spacial score (nSPS) is 13.9. The van der Waals surface area contributed by atoms with E-state index in [9.17, 15) is 0 Å². The van der Waals surface area contributed by atoms with Gasteiger partial charge in [0.25, 0.3) is 0 Å². The summed E-state index contributed by atoms with van der Waals surface area (Å²) < 4.78 is 13.1. The molecular weight excluding hydrogens is 470 g/mol. The second-order valence-corrected chi connectivity index (χ2v) is 6.86. The minimum atomic E-state index is 0.460. The van der Waals surface area contributed by atoms with E-state index in [2.05, 4.69) is 48.5 Å². The third kappa shape index (κ3) is 3.12. The van der Waals surface area contributed by atoms with Crippen LogP contribution in [0.5, 0.6) is 11.5 Å². The van der Waals surface area contributed by atoms with Gasteiger partial charge in [-0.25, -0.2) is 9.97 Å². The fourth-order valence-electron chi connectivity index (χ4n) is 2.01. The summed E-state index contributed by atoms with van der Waals surface area (Å²) in [4.78, 5) is 8.84. The van der Waals surface area contributed by atoms with Gasteiger partial charge in [0, 0.05) is 12.0 Å². The van der Waals surface area contributed by atoms with Crippen LogP contribution in [-0.4, -0.2) is 23.2 Å². The van der Waals surface area contributed by atoms with Crippen molar-refractivity contribution in [3.05, 3.63) is 31.0 Å². The smallest absolute Gasteiger partial charge is 0.175 e. The molecule has 0 aliphatic carbocycles. The highest BCUT2D eigenvalue weighted by Crippen LogP contribution is 2.40. The number of hydrogen-bond donors (Lipinski definition) is 0. The molecule has 3 rings (SSSR count). The molecule has 0 spiro atoms. The number of nitrogens with zero attached hydrogens (tertiary/aromatic N) is 2. The Hall–Kier alpha value is -0.600. The maximum absolute atomic E-state index is 6.15. The Morgan fingerprint density at radius 1 is 1.24 bits per heavy atom. The molecular formula is C14H11BrClIN2O2. The molecule has 0 N–H and O–H groups in total. The van der Waals surface area contributed by atoms with Crippen LogP contribution >= 0.6 is 50.1 Å². The van der Waals surface area contributed by atoms with Gasteiger partial charge in [0.1, 0.15) is 5.15 Å². The molecule has 0 bridgehead atoms. The lowest BCUT2D eigenvalue weighted by Crippen LogP contribution is -1.98. The van der Waals surface area contributed by atoms with E-state index in [0.29, 0.717) is 29.9 Å². The molecule has 2 heterocycles. The lowest BCUT2D eigenvalue weighted by molar-refractivity contribution is 0.296. The second kappa shape index (κ2) is 6.26. The van der Waals surface area contributed by atoms with Crippen molar-refractivity contribution in [3.8, 4) is 22.9 Å². The van der Waals surface area contributed by atoms with Gasteiger partial charge in [-0.1, -0.05) is 11.6 Å². The molecule has 0 saturated heterocycles. The van der Waals surface area contributed by atoms with Crippen LogP contribution in [0.4, 0.5) is 0 Å². The van der Waals surface area contributed by atoms with Crippen LogP contribution in [0.25, 0.3) is 11.4 Å². The first-order valence-electron chi connectivity index (χ1n) is 6.35. The minimum Gasteiger partial charge on any atom is -0.489 e. The number of aromatic nitrogens is 2. The van der Waals surface area contributed by atoms with E-state index in [1.807, 2.05) is 19.1 Å². The summed E-state index contributed by atoms with van der Waals surface area (Å²) in [5.74, 6) is 2.01. The lowest BCUT2D eigenvalue weighted by atomic mass is 10.2. The van der Waals surface area contributed by atoms with Crippen LogP contribution in [0.2, 0.25) is 5.15 Å². The van der Waals surface area contributed by atoms with E-state index in [4.69, 9.17) is 21.1 Å². The average Bonchev–Trinajstić information content (AvgIpc) is 2.69. The van der Waals surface area contributed by atoms with E-state index in [0.717, 1.165) is 31.5 Å². The quantitative estimate of drug-likeness (QED) is 0.440. The highest BCUT2D eigenvalue weighted by atomic mass is 127. The summed E-state index contributed by atoms with van der Waals surface area (Å²) in [5, 5.41) is 0.460. The predicted molar refractivity (Wildman–Crippen MR) is 93.2 cm³/mol. The maximum Gasteiger partial charge on any atom is 0.175 e. The maximum atomic E-state index is 6.15. The average molecular weight is 482 g/mol. The SMILES string of the molecule is Cc1nc(-c2cc(Br)c3c(c2)OCCCO3)nc(Cl)c1I. The summed E-state index contributed by atoms with van der Waals surface area (Å²) in [6.45, 7) is 3.20. The minimum absolute atomic E-state index is 0.460. The molecule has 4 nitrogen and oxygen atoms in total. The molecule has 0 saturated carbocycles. The van der Waals surface area contributed by atoms with E-state index >= 15 is 0 Å². The van der Waals surface area contributed by atoms with Crippen molar-refractivity contribution in [2.45, 2.75) is 13.3 Å². The summed E-state index contributed by atoms with van der Waals surface area (Å²) in [5.41, 5.74) is 1.70. The zero-order valence-electron chi connectivity index (χ0n) is 11.1. The van der Waals surface area contributed by atoms with E-state index < -0.39 is 0 Å². The Bertz CT molecular complexity index is 689. The monoisotopic (exact) mass is 480 g/mol. The number of hydrogen-bond acceptors (Lipinski definition) is 4. The van der Waals surface area contributed by atoms with Crippen molar-refractivity contribution in [2.75, 3.05) is 13.2 Å². The summed E-state index contributed by atoms with van der Waals surface area (Å²) in [7, 11) is 0. The van der Waals surface area contributed by atoms with Gasteiger partial charge < -0.3 is 9.47 Å². The zero-order chi connectivity index (χ0) is 15.0. The Balaban J connectivity index is 2.11. The molecule has 1 aliphatic heterocycles. The van der Waals surface area contributed by atoms with Crippen molar-refractivity contribution in [1.82, 2.24) is 9.97 Å². The molecule has 1 aromatic heterocycles. The molecule has 1 aromatic carbocycles. The number of halogens is 3. The second-order valence-electron chi connectivity index (χ2n) is 4.57. The largest absolute Gasteiger partial charge is 0.489 e. The zero-order valence-corrected chi connectivity index (χ0v) is 15.6. The molecule has 0 radical (unpaired) electrons. The highest BCUT2D eigenvalue weighted by molar-refractivity contribution is 14.1. The molecule has 21 heavy (non-hydrogen) atoms. The Morgan fingerprint density at radius 3 is 2.76 bits per heavy atom. The van der Waals surface area contributed by atoms with Gasteiger partial charge in [0.2, 0.25) is 0 Å². The Labute approximate surface area is 149 Å². The molecule has 2 aromatic rings. The van der Waals surface area contributed by atoms with Crippen LogP contribution in [0.1, 0.15) is 12.1 Å². The molecule has 0 fully saturated rings. The third-order valence-electron chi connectivity index (χ3n) is 3.04. The van der Waals surface area contributed by atoms with Gasteiger partial charge in [-0.15, -0.1) is 0 Å². The Morgan fingerprint density at radius 2 is 2.00 bits per heavy atom. The van der Waals surface area contributed by atoms with Gasteiger partial charge in [-0.05, 0) is 57.6 Å². The first kappa shape index (κ1) is 15.3. The van der Waals surface area contributed by atoms with Gasteiger partial charge in [-0.2, -0.15) is 0 Å². The van der Waals surface area contributed by atoms with Gasteiger partial charge >= 0.3 is 0 Å².